The molecule has 0 saturated carbocycles. The second-order valence-electron chi connectivity index (χ2n) is 17.6. The van der Waals surface area contributed by atoms with Crippen molar-refractivity contribution < 1.29 is 14.4 Å². The zero-order valence-corrected chi connectivity index (χ0v) is 39.7. The van der Waals surface area contributed by atoms with Crippen LogP contribution in [-0.2, 0) is 0 Å². The van der Waals surface area contributed by atoms with Crippen LogP contribution in [0.25, 0.3) is 111 Å². The van der Waals surface area contributed by atoms with Gasteiger partial charge < -0.3 is 19.9 Å². The number of hydrogen-bond acceptors (Lipinski definition) is 3. The van der Waals surface area contributed by atoms with Gasteiger partial charge in [-0.05, 0) is 200 Å². The molecule has 0 atom stereocenters. The first-order valence-electron chi connectivity index (χ1n) is 23.0. The summed E-state index contributed by atoms with van der Waals surface area (Å²) in [5, 5.41) is 13.5. The Morgan fingerprint density at radius 2 is 0.800 bits per heavy atom. The van der Waals surface area contributed by atoms with Crippen molar-refractivity contribution in [2.24, 2.45) is 0 Å². The van der Waals surface area contributed by atoms with Crippen molar-refractivity contribution in [2.75, 3.05) is 0 Å². The number of carbonyl (C=O) groups is 3. The van der Waals surface area contributed by atoms with Gasteiger partial charge in [0.15, 0.2) is 12.6 Å². The maximum atomic E-state index is 11.5. The number of nitrogens with one attached hydrogen (secondary N) is 4. The Bertz CT molecular complexity index is 3960. The molecule has 0 saturated heterocycles. The molecular weight excluding hydrogens is 861 g/mol. The third kappa shape index (κ3) is 8.35. The highest BCUT2D eigenvalue weighted by Crippen LogP contribution is 2.35. The molecule has 12 rings (SSSR count). The number of benzene rings is 8. The number of aryl methyl sites for hydroxylation is 1. The minimum Gasteiger partial charge on any atom is -0.361 e. The molecule has 0 aliphatic rings. The van der Waals surface area contributed by atoms with Crippen LogP contribution in [0.5, 0.6) is 0 Å². The Balaban J connectivity index is 0.000000117. The van der Waals surface area contributed by atoms with E-state index in [0.717, 1.165) is 90.0 Å². The molecule has 4 heterocycles. The van der Waals surface area contributed by atoms with Gasteiger partial charge in [0.1, 0.15) is 6.29 Å². The van der Waals surface area contributed by atoms with E-state index in [1.165, 1.54) is 60.1 Å². The van der Waals surface area contributed by atoms with Crippen LogP contribution in [0.4, 0.5) is 0 Å². The summed E-state index contributed by atoms with van der Waals surface area (Å²) in [6, 6.07) is 35.6. The number of H-pyrrole nitrogens is 4. The van der Waals surface area contributed by atoms with Crippen LogP contribution in [0.15, 0.2) is 154 Å². The molecule has 0 aliphatic heterocycles. The Labute approximate surface area is 405 Å². The molecule has 7 heteroatoms. The topological polar surface area (TPSA) is 114 Å². The van der Waals surface area contributed by atoms with Crippen LogP contribution >= 0.6 is 0 Å². The summed E-state index contributed by atoms with van der Waals surface area (Å²) < 4.78 is 0. The molecule has 7 nitrogen and oxygen atoms in total. The second kappa shape index (κ2) is 19.3. The molecular formula is C63H52N4O3. The van der Waals surface area contributed by atoms with Crippen LogP contribution in [0.2, 0.25) is 0 Å². The number of carbonyl (C=O) groups excluding carboxylic acids is 3. The molecule has 0 radical (unpaired) electrons. The zero-order chi connectivity index (χ0) is 49.2. The van der Waals surface area contributed by atoms with E-state index in [1.54, 1.807) is 6.92 Å². The highest BCUT2D eigenvalue weighted by Gasteiger charge is 2.14. The summed E-state index contributed by atoms with van der Waals surface area (Å²) >= 11 is 0. The lowest BCUT2D eigenvalue weighted by Crippen LogP contribution is -1.95. The van der Waals surface area contributed by atoms with Gasteiger partial charge in [-0.2, -0.15) is 0 Å². The summed E-state index contributed by atoms with van der Waals surface area (Å²) in [5.41, 5.74) is 15.0. The van der Waals surface area contributed by atoms with Gasteiger partial charge in [0, 0.05) is 74.2 Å². The van der Waals surface area contributed by atoms with E-state index in [4.69, 9.17) is 0 Å². The minimum atomic E-state index is 0.565. The first kappa shape index (κ1) is 46.1. The fourth-order valence-corrected chi connectivity index (χ4v) is 9.72. The van der Waals surface area contributed by atoms with E-state index in [-0.39, 0.29) is 0 Å². The van der Waals surface area contributed by atoms with E-state index in [1.807, 2.05) is 85.5 Å². The van der Waals surface area contributed by atoms with E-state index in [9.17, 15) is 14.4 Å². The normalized spacial score (nSPS) is 11.0. The van der Waals surface area contributed by atoms with Crippen molar-refractivity contribution in [1.29, 1.82) is 0 Å². The summed E-state index contributed by atoms with van der Waals surface area (Å²) in [6.45, 7) is 23.7. The predicted octanol–water partition coefficient (Wildman–Crippen LogP) is 16.5. The van der Waals surface area contributed by atoms with Gasteiger partial charge in [-0.1, -0.05) is 74.4 Å². The lowest BCUT2D eigenvalue weighted by atomic mass is 9.91. The highest BCUT2D eigenvalue weighted by atomic mass is 16.1. The molecule has 0 spiro atoms. The lowest BCUT2D eigenvalue weighted by Gasteiger charge is -2.12. The first-order chi connectivity index (χ1) is 34.0. The second-order valence-corrected chi connectivity index (χ2v) is 17.6. The first-order valence-corrected chi connectivity index (χ1v) is 23.0. The Kier molecular flexibility index (Phi) is 12.7. The smallest absolute Gasteiger partial charge is 0.152 e. The van der Waals surface area contributed by atoms with Gasteiger partial charge in [-0.25, -0.2) is 0 Å². The number of rotatable bonds is 7. The lowest BCUT2D eigenvalue weighted by molar-refractivity contribution is 0.111. The fraction of sp³-hybridized carbons (Fsp3) is 0.0635. The average molecular weight is 913 g/mol. The molecule has 0 amide bonds. The molecule has 4 aromatic heterocycles. The molecule has 0 unspecified atom stereocenters. The molecule has 342 valence electrons. The van der Waals surface area contributed by atoms with Crippen LogP contribution in [0.3, 0.4) is 0 Å². The standard InChI is InChI=1S/C18H15NO.C17H15N.C15H11NO2.C13H11N/c1-4-12-8-16-15(14(5-2)11(12)3)9-13-6-7-19-18(13)17(16)10-20;1-4-12-8-14-10-17-13(6-7-18-17)9-16(14)15(5-2)11(12)3;1-9-12(7-17)4-11-6-15-10(2-3-16-15)5-13(11)14(9)8-18;1-9-2-3-10-8-13-11(4-5-14-13)7-12(10)6-9/h4-10,19H,1-2H2,3H3;4-10,18H,1-2H2,3H3;2-8,16H,1H3;2-8,14H,1H3. The Morgan fingerprint density at radius 3 is 1.36 bits per heavy atom. The maximum Gasteiger partial charge on any atom is 0.152 e. The summed E-state index contributed by atoms with van der Waals surface area (Å²) in [5.74, 6) is 0. The van der Waals surface area contributed by atoms with Crippen molar-refractivity contribution in [3.05, 3.63) is 215 Å². The van der Waals surface area contributed by atoms with Crippen LogP contribution in [-0.4, -0.2) is 38.8 Å². The number of aromatic nitrogens is 4. The fourth-order valence-electron chi connectivity index (χ4n) is 9.72. The quantitative estimate of drug-likeness (QED) is 0.119. The minimum absolute atomic E-state index is 0.565. The average Bonchev–Trinajstić information content (AvgIpc) is 4.22. The molecule has 0 fully saturated rings. The summed E-state index contributed by atoms with van der Waals surface area (Å²) in [6.07, 6.45) is 17.7. The molecule has 0 bridgehead atoms. The van der Waals surface area contributed by atoms with Crippen molar-refractivity contribution in [1.82, 2.24) is 19.9 Å². The SMILES string of the molecule is C=Cc1cc2c(C=O)c3[nH]ccc3cc2c(C=C)c1C.C=Cc1cc2cc3[nH]ccc3cc2c(C=C)c1C.Cc1c(C=O)cc2cc3[nH]ccc3cc2c1C=O.Cc1ccc2cc3[nH]ccc3cc2c1. The van der Waals surface area contributed by atoms with Crippen molar-refractivity contribution in [3.8, 4) is 0 Å². The molecule has 8 aromatic carbocycles. The van der Waals surface area contributed by atoms with E-state index >= 15 is 0 Å². The predicted molar refractivity (Wildman–Crippen MR) is 299 cm³/mol. The van der Waals surface area contributed by atoms with E-state index in [0.29, 0.717) is 16.7 Å². The molecule has 12 aromatic rings. The highest BCUT2D eigenvalue weighted by molar-refractivity contribution is 6.14. The molecule has 70 heavy (non-hydrogen) atoms. The van der Waals surface area contributed by atoms with Gasteiger partial charge in [-0.3, -0.25) is 14.4 Å². The number of fused-ring (bicyclic) bond motifs is 8. The van der Waals surface area contributed by atoms with Crippen LogP contribution < -0.4 is 0 Å². The Morgan fingerprint density at radius 1 is 0.343 bits per heavy atom. The maximum absolute atomic E-state index is 11.5. The molecule has 4 N–H and O–H groups in total. The van der Waals surface area contributed by atoms with Crippen LogP contribution in [0.1, 0.15) is 75.6 Å². The molecule has 0 aliphatic carbocycles. The van der Waals surface area contributed by atoms with Gasteiger partial charge in [-0.15, -0.1) is 0 Å². The van der Waals surface area contributed by atoms with Crippen molar-refractivity contribution in [3.63, 3.8) is 0 Å². The number of aldehydes is 3. The van der Waals surface area contributed by atoms with Gasteiger partial charge >= 0.3 is 0 Å². The van der Waals surface area contributed by atoms with E-state index < -0.39 is 0 Å². The third-order valence-corrected chi connectivity index (χ3v) is 13.6. The number of hydrogen-bond donors (Lipinski definition) is 4. The van der Waals surface area contributed by atoms with Gasteiger partial charge in [0.05, 0.1) is 5.52 Å². The summed E-state index contributed by atoms with van der Waals surface area (Å²) in [7, 11) is 0. The Hall–Kier alpha value is -9.07. The van der Waals surface area contributed by atoms with Gasteiger partial charge in [0.2, 0.25) is 0 Å². The largest absolute Gasteiger partial charge is 0.361 e. The van der Waals surface area contributed by atoms with Crippen LogP contribution in [0, 0.1) is 27.7 Å². The third-order valence-electron chi connectivity index (χ3n) is 13.6. The van der Waals surface area contributed by atoms with Crippen molar-refractivity contribution in [2.45, 2.75) is 27.7 Å². The monoisotopic (exact) mass is 912 g/mol. The zero-order valence-electron chi connectivity index (χ0n) is 39.7. The summed E-state index contributed by atoms with van der Waals surface area (Å²) in [4.78, 5) is 46.6. The number of aromatic amines is 4. The van der Waals surface area contributed by atoms with Gasteiger partial charge in [0.25, 0.3) is 0 Å². The van der Waals surface area contributed by atoms with E-state index in [2.05, 4.69) is 134 Å². The van der Waals surface area contributed by atoms with Crippen molar-refractivity contribution >= 4 is 130 Å².